The molecule has 0 aromatic carbocycles. The molecule has 0 heterocycles. The molecule has 0 aliphatic heterocycles. The molecule has 3 heteroatoms. The van der Waals surface area contributed by atoms with E-state index < -0.39 is 0 Å². The van der Waals surface area contributed by atoms with Gasteiger partial charge in [-0.1, -0.05) is 0 Å². The zero-order valence-electron chi connectivity index (χ0n) is 5.83. The van der Waals surface area contributed by atoms with Crippen LogP contribution in [0.3, 0.4) is 0 Å². The standard InChI is InChI=1S/C3H8P.C2H6N.Ho/c1-3(2)4;1-3-2;/h3-4H,1-2H3;1-2H3;/q2*-1;+2. The second-order valence-corrected chi connectivity index (χ2v) is 8.19. The van der Waals surface area contributed by atoms with E-state index in [0.717, 1.165) is 5.66 Å². The van der Waals surface area contributed by atoms with E-state index in [9.17, 15) is 0 Å². The summed E-state index contributed by atoms with van der Waals surface area (Å²) in [5, 5.41) is 0. The summed E-state index contributed by atoms with van der Waals surface area (Å²) in [7, 11) is 4.33. The Balaban J connectivity index is 2.93. The zero-order chi connectivity index (χ0) is 6.57. The molecule has 0 spiro atoms. The van der Waals surface area contributed by atoms with Crippen molar-refractivity contribution in [2.45, 2.75) is 19.5 Å². The first-order chi connectivity index (χ1) is 3.63. The third-order valence-electron chi connectivity index (χ3n) is 0.348. The van der Waals surface area contributed by atoms with E-state index in [1.807, 2.05) is 0 Å². The van der Waals surface area contributed by atoms with Crippen LogP contribution in [0, 0.1) is 33.5 Å². The van der Waals surface area contributed by atoms with Gasteiger partial charge < -0.3 is 0 Å². The van der Waals surface area contributed by atoms with Gasteiger partial charge >= 0.3 is 72.5 Å². The van der Waals surface area contributed by atoms with Crippen molar-refractivity contribution in [2.24, 2.45) is 0 Å². The quantitative estimate of drug-likeness (QED) is 0.561. The van der Waals surface area contributed by atoms with E-state index >= 15 is 0 Å². The van der Waals surface area contributed by atoms with Crippen LogP contribution in [0.4, 0.5) is 0 Å². The molecule has 0 radical (unpaired) electrons. The summed E-state index contributed by atoms with van der Waals surface area (Å²) < 4.78 is 3.52. The van der Waals surface area contributed by atoms with Crippen LogP contribution >= 0.6 is 3.99 Å². The van der Waals surface area contributed by atoms with E-state index in [2.05, 4.69) is 29.3 Å². The SMILES string of the molecule is CC(C)[PH][Ho][N](C)C. The summed E-state index contributed by atoms with van der Waals surface area (Å²) in [4.78, 5) is 0. The molecule has 1 atom stereocenters. The summed E-state index contributed by atoms with van der Waals surface area (Å²) in [6.45, 7) is 4.58. The van der Waals surface area contributed by atoms with Gasteiger partial charge in [0.05, 0.1) is 0 Å². The molecule has 0 rings (SSSR count). The summed E-state index contributed by atoms with van der Waals surface area (Å²) in [6.07, 6.45) is 0. The number of hydrogen-bond donors (Lipinski definition) is 0. The Morgan fingerprint density at radius 2 is 1.88 bits per heavy atom. The Morgan fingerprint density at radius 1 is 1.38 bits per heavy atom. The van der Waals surface area contributed by atoms with Gasteiger partial charge in [-0.2, -0.15) is 0 Å². The Labute approximate surface area is 71.8 Å². The first kappa shape index (κ1) is 9.65. The summed E-state index contributed by atoms with van der Waals surface area (Å²) in [5.74, 6) is 0. The molecule has 0 aliphatic carbocycles. The van der Waals surface area contributed by atoms with Crippen LogP contribution in [0.2, 0.25) is 0 Å². The maximum atomic E-state index is 2.33. The average Bonchev–Trinajstić information content (AvgIpc) is 1.61. The molecule has 1 unspecified atom stereocenters. The van der Waals surface area contributed by atoms with E-state index in [-0.39, 0.29) is 0 Å². The van der Waals surface area contributed by atoms with Crippen LogP contribution in [0.25, 0.3) is 0 Å². The first-order valence-electron chi connectivity index (χ1n) is 2.62. The van der Waals surface area contributed by atoms with Crippen molar-refractivity contribution in [3.05, 3.63) is 0 Å². The fourth-order valence-electron chi connectivity index (χ4n) is 0.156. The summed E-state index contributed by atoms with van der Waals surface area (Å²) >= 11 is 0.486. The Bertz CT molecular complexity index is 48.4. The van der Waals surface area contributed by atoms with Crippen molar-refractivity contribution in [1.82, 2.24) is 1.39 Å². The van der Waals surface area contributed by atoms with Crippen molar-refractivity contribution < 1.29 is 33.5 Å². The van der Waals surface area contributed by atoms with Crippen LogP contribution in [0.1, 0.15) is 13.8 Å². The van der Waals surface area contributed by atoms with Gasteiger partial charge in [-0.25, -0.2) is 0 Å². The van der Waals surface area contributed by atoms with Crippen LogP contribution in [-0.4, -0.2) is 21.1 Å². The molecule has 0 aromatic heterocycles. The van der Waals surface area contributed by atoms with E-state index in [4.69, 9.17) is 0 Å². The Hall–Kier alpha value is 1.65. The van der Waals surface area contributed by atoms with Gasteiger partial charge in [-0.05, 0) is 0 Å². The number of rotatable bonds is 3. The van der Waals surface area contributed by atoms with E-state index in [1.54, 1.807) is 0 Å². The number of hydrogen-bond acceptors (Lipinski definition) is 1. The van der Waals surface area contributed by atoms with Gasteiger partial charge in [0.15, 0.2) is 0 Å². The van der Waals surface area contributed by atoms with Gasteiger partial charge in [-0.15, -0.1) is 0 Å². The molecule has 0 fully saturated rings. The van der Waals surface area contributed by atoms with Crippen molar-refractivity contribution in [3.8, 4) is 0 Å². The molecular weight excluding hydrogens is 270 g/mol. The predicted molar refractivity (Wildman–Crippen MR) is 37.1 cm³/mol. The van der Waals surface area contributed by atoms with Crippen LogP contribution in [-0.2, 0) is 0 Å². The molecule has 0 saturated heterocycles. The minimum atomic E-state index is 0.486. The third-order valence-corrected chi connectivity index (χ3v) is 7.74. The summed E-state index contributed by atoms with van der Waals surface area (Å²) in [5.41, 5.74) is 0.916. The van der Waals surface area contributed by atoms with Crippen molar-refractivity contribution in [1.29, 1.82) is 0 Å². The fraction of sp³-hybridized carbons (Fsp3) is 1.00. The minimum absolute atomic E-state index is 0.486. The molecule has 0 bridgehead atoms. The Morgan fingerprint density at radius 3 is 2.00 bits per heavy atom. The molecule has 8 heavy (non-hydrogen) atoms. The molecule has 0 amide bonds. The molecule has 1 nitrogen and oxygen atoms in total. The monoisotopic (exact) mass is 284 g/mol. The predicted octanol–water partition coefficient (Wildman–Crippen LogP) is 1.55. The molecule has 0 saturated carbocycles. The second kappa shape index (κ2) is 5.44. The van der Waals surface area contributed by atoms with Crippen molar-refractivity contribution in [3.63, 3.8) is 0 Å². The molecule has 0 aromatic rings. The van der Waals surface area contributed by atoms with Crippen LogP contribution in [0.5, 0.6) is 0 Å². The zero-order valence-corrected chi connectivity index (χ0v) is 8.76. The van der Waals surface area contributed by atoms with Gasteiger partial charge in [0.2, 0.25) is 0 Å². The van der Waals surface area contributed by atoms with Crippen molar-refractivity contribution in [2.75, 3.05) is 14.1 Å². The van der Waals surface area contributed by atoms with Gasteiger partial charge in [0, 0.05) is 0 Å². The molecular formula is C5H14HoNP. The fourth-order valence-corrected chi connectivity index (χ4v) is 3.46. The van der Waals surface area contributed by atoms with Crippen LogP contribution < -0.4 is 0 Å². The van der Waals surface area contributed by atoms with Gasteiger partial charge in [0.25, 0.3) is 0 Å². The average molecular weight is 284 g/mol. The maximum absolute atomic E-state index is 2.33. The van der Waals surface area contributed by atoms with Crippen LogP contribution in [0.15, 0.2) is 0 Å². The third kappa shape index (κ3) is 7.65. The first-order valence-corrected chi connectivity index (χ1v) is 7.27. The van der Waals surface area contributed by atoms with E-state index in [0.29, 0.717) is 33.5 Å². The van der Waals surface area contributed by atoms with Crippen molar-refractivity contribution >= 4 is 3.99 Å². The normalized spacial score (nSPS) is 13.2. The summed E-state index contributed by atoms with van der Waals surface area (Å²) in [6, 6.07) is 0. The molecule has 0 N–H and O–H groups in total. The van der Waals surface area contributed by atoms with E-state index in [1.165, 1.54) is 3.99 Å². The molecule has 0 aliphatic rings. The topological polar surface area (TPSA) is 3.24 Å². The van der Waals surface area contributed by atoms with Gasteiger partial charge in [0.1, 0.15) is 0 Å². The number of nitrogens with zero attached hydrogens (tertiary/aromatic N) is 1. The van der Waals surface area contributed by atoms with Gasteiger partial charge in [-0.3, -0.25) is 0 Å². The Kier molecular flexibility index (Phi) is 6.56. The molecule has 55 valence electrons. The second-order valence-electron chi connectivity index (χ2n) is 2.03.